The van der Waals surface area contributed by atoms with Gasteiger partial charge < -0.3 is 9.62 Å². The van der Waals surface area contributed by atoms with Gasteiger partial charge in [-0.1, -0.05) is 90.1 Å². The van der Waals surface area contributed by atoms with Crippen molar-refractivity contribution in [3.8, 4) is 0 Å². The molecule has 0 aliphatic rings. The Morgan fingerprint density at radius 2 is 1.19 bits per heavy atom. The van der Waals surface area contributed by atoms with E-state index < -0.39 is 8.75 Å². The predicted octanol–water partition coefficient (Wildman–Crippen LogP) is 6.69. The van der Waals surface area contributed by atoms with Crippen LogP contribution in [0, 0.1) is 0 Å². The Morgan fingerprint density at radius 1 is 0.769 bits per heavy atom. The monoisotopic (exact) mass is 425 g/mol. The number of fused-ring (bicyclic) bond motifs is 2. The Hall–Kier alpha value is -1.52. The van der Waals surface area contributed by atoms with Crippen LogP contribution in [0.25, 0.3) is 26.5 Å². The van der Waals surface area contributed by atoms with Crippen LogP contribution in [0.3, 0.4) is 0 Å². The molecule has 0 amide bonds. The van der Waals surface area contributed by atoms with Crippen LogP contribution in [0.4, 0.5) is 0 Å². The topological polar surface area (TPSA) is 26.5 Å². The zero-order valence-corrected chi connectivity index (χ0v) is 19.0. The summed E-state index contributed by atoms with van der Waals surface area (Å²) in [7, 11) is -1.47. The van der Waals surface area contributed by atoms with Crippen molar-refractivity contribution in [1.82, 2.24) is 0 Å². The molecule has 0 fully saturated rings. The first-order valence-corrected chi connectivity index (χ1v) is 11.2. The summed E-state index contributed by atoms with van der Waals surface area (Å²) >= 11 is 3.84. The second kappa shape index (κ2) is 6.89. The molecule has 0 saturated heterocycles. The first-order valence-electron chi connectivity index (χ1n) is 8.99. The van der Waals surface area contributed by atoms with Gasteiger partial charge in [-0.05, 0) is 53.7 Å². The Balaban J connectivity index is 2.46. The van der Waals surface area contributed by atoms with Gasteiger partial charge >= 0.3 is 0 Å². The van der Waals surface area contributed by atoms with Gasteiger partial charge in [-0.25, -0.2) is 0 Å². The van der Waals surface area contributed by atoms with Gasteiger partial charge in [0.25, 0.3) is 0 Å². The smallest absolute Gasteiger partial charge is 0.0332 e. The maximum absolute atomic E-state index is 5.21. The molecule has 0 heterocycles. The molecular weight excluding hydrogens is 400 g/mol. The average molecular weight is 426 g/mol. The average Bonchev–Trinajstić information content (AvgIpc) is 2.52. The predicted molar refractivity (Wildman–Crippen MR) is 120 cm³/mol. The summed E-state index contributed by atoms with van der Waals surface area (Å²) in [6, 6.07) is 17.2. The van der Waals surface area contributed by atoms with Crippen LogP contribution >= 0.6 is 15.9 Å². The second-order valence-electron chi connectivity index (χ2n) is 8.67. The maximum Gasteiger partial charge on any atom is 0.0332 e. The number of hydrogen-bond donors (Lipinski definition) is 0. The van der Waals surface area contributed by atoms with Gasteiger partial charge in [0.15, 0.2) is 0 Å². The van der Waals surface area contributed by atoms with Crippen molar-refractivity contribution in [2.45, 2.75) is 52.6 Å². The molecule has 3 rings (SSSR count). The second-order valence-corrected chi connectivity index (χ2v) is 11.1. The third-order valence-electron chi connectivity index (χ3n) is 3.97. The van der Waals surface area contributed by atoms with Gasteiger partial charge in [0, 0.05) is 13.2 Å². The number of halogens is 1. The first-order chi connectivity index (χ1) is 12.1. The molecule has 136 valence electrons. The molecule has 0 spiro atoms. The molecule has 0 aliphatic heterocycles. The first kappa shape index (κ1) is 19.2. The molecule has 0 aliphatic carbocycles. The molecule has 2 nitrogen and oxygen atoms in total. The summed E-state index contributed by atoms with van der Waals surface area (Å²) in [4.78, 5) is 5.21. The largest absolute Gasteiger partial charge is 0.476 e. The molecule has 0 radical (unpaired) electrons. The highest BCUT2D eigenvalue weighted by molar-refractivity contribution is 9.10. The fourth-order valence-electron chi connectivity index (χ4n) is 3.09. The lowest BCUT2D eigenvalue weighted by Gasteiger charge is -2.36. The molecule has 26 heavy (non-hydrogen) atoms. The van der Waals surface area contributed by atoms with Crippen LogP contribution in [-0.4, -0.2) is 19.8 Å². The van der Waals surface area contributed by atoms with Crippen LogP contribution in [0.1, 0.15) is 41.5 Å². The Labute approximate surface area is 166 Å². The number of hydrogen-bond acceptors (Lipinski definition) is 1. The van der Waals surface area contributed by atoms with E-state index >= 15 is 0 Å². The normalized spacial score (nSPS) is 13.4. The standard InChI is InChI=1S/C22H26BrN2Si/c1-21(2,3)24-26(25-22(4,5)6)20-17-13-9-7-11-15(17)19(23)16-12-8-10-14-18(16)20/h7-14H,1-6H3/q-1. The summed E-state index contributed by atoms with van der Waals surface area (Å²) in [6.45, 7) is 13.0. The zero-order chi connectivity index (χ0) is 19.1. The van der Waals surface area contributed by atoms with E-state index in [-0.39, 0.29) is 11.1 Å². The number of nitrogens with zero attached hydrogens (tertiary/aromatic N) is 2. The molecule has 0 aromatic heterocycles. The summed E-state index contributed by atoms with van der Waals surface area (Å²) in [5.41, 5.74) is -0.253. The molecule has 4 heteroatoms. The van der Waals surface area contributed by atoms with Crippen LogP contribution < -0.4 is 5.19 Å². The third kappa shape index (κ3) is 4.07. The maximum atomic E-state index is 5.21. The van der Waals surface area contributed by atoms with E-state index in [0.717, 1.165) is 4.47 Å². The lowest BCUT2D eigenvalue weighted by Crippen LogP contribution is -2.32. The Morgan fingerprint density at radius 3 is 1.58 bits per heavy atom. The molecule has 3 aromatic carbocycles. The van der Waals surface area contributed by atoms with Crippen molar-refractivity contribution in [3.63, 3.8) is 0 Å². The van der Waals surface area contributed by atoms with E-state index in [1.165, 1.54) is 26.7 Å². The highest BCUT2D eigenvalue weighted by Gasteiger charge is 2.16. The molecular formula is C22H26BrN2Si-. The summed E-state index contributed by atoms with van der Waals surface area (Å²) in [5, 5.41) is 6.28. The lowest BCUT2D eigenvalue weighted by atomic mass is 10.0. The highest BCUT2D eigenvalue weighted by Crippen LogP contribution is 2.32. The van der Waals surface area contributed by atoms with Crippen molar-refractivity contribution in [2.24, 2.45) is 4.63 Å². The fourth-order valence-corrected chi connectivity index (χ4v) is 6.24. The minimum absolute atomic E-state index is 0.127. The number of rotatable bonds is 2. The van der Waals surface area contributed by atoms with Crippen molar-refractivity contribution < 1.29 is 0 Å². The van der Waals surface area contributed by atoms with Crippen LogP contribution in [0.2, 0.25) is 0 Å². The van der Waals surface area contributed by atoms with E-state index in [1.54, 1.807) is 0 Å². The van der Waals surface area contributed by atoms with Gasteiger partial charge in [-0.2, -0.15) is 0 Å². The van der Waals surface area contributed by atoms with Crippen molar-refractivity contribution in [1.29, 1.82) is 0 Å². The molecule has 0 unspecified atom stereocenters. The minimum atomic E-state index is -1.47. The van der Waals surface area contributed by atoms with Crippen molar-refractivity contribution >= 4 is 51.4 Å². The molecule has 0 bridgehead atoms. The summed E-state index contributed by atoms with van der Waals surface area (Å²) in [5.74, 6) is 0. The van der Waals surface area contributed by atoms with Gasteiger partial charge in [-0.15, -0.1) is 0 Å². The van der Waals surface area contributed by atoms with E-state index in [2.05, 4.69) is 106 Å². The zero-order valence-electron chi connectivity index (χ0n) is 16.4. The molecule has 0 N–H and O–H groups in total. The van der Waals surface area contributed by atoms with Crippen molar-refractivity contribution in [3.05, 3.63) is 58.0 Å². The Kier molecular flexibility index (Phi) is 5.10. The Bertz CT molecular complexity index is 938. The summed E-state index contributed by atoms with van der Waals surface area (Å²) < 4.78 is 6.37. The fraction of sp³-hybridized carbons (Fsp3) is 0.364. The summed E-state index contributed by atoms with van der Waals surface area (Å²) in [6.07, 6.45) is 0. The SMILES string of the molecule is CC(C)(C)N=[Si]([N-]C(C)(C)C)c1c2ccccc2c(Br)c2ccccc12. The van der Waals surface area contributed by atoms with E-state index in [1.807, 2.05) is 0 Å². The van der Waals surface area contributed by atoms with Gasteiger partial charge in [0.2, 0.25) is 0 Å². The van der Waals surface area contributed by atoms with Crippen LogP contribution in [-0.2, 0) is 0 Å². The molecule has 0 saturated carbocycles. The van der Waals surface area contributed by atoms with Gasteiger partial charge in [-0.3, -0.25) is 0 Å². The van der Waals surface area contributed by atoms with Crippen LogP contribution in [0.15, 0.2) is 57.6 Å². The minimum Gasteiger partial charge on any atom is -0.476 e. The van der Waals surface area contributed by atoms with E-state index in [0.29, 0.717) is 0 Å². The third-order valence-corrected chi connectivity index (χ3v) is 7.58. The molecule has 0 atom stereocenters. The van der Waals surface area contributed by atoms with Gasteiger partial charge in [0.1, 0.15) is 0 Å². The van der Waals surface area contributed by atoms with Gasteiger partial charge in [0.05, 0.1) is 0 Å². The van der Waals surface area contributed by atoms with E-state index in [4.69, 9.17) is 9.62 Å². The van der Waals surface area contributed by atoms with Crippen LogP contribution in [0.5, 0.6) is 0 Å². The lowest BCUT2D eigenvalue weighted by molar-refractivity contribution is 0.586. The number of benzene rings is 3. The quantitative estimate of drug-likeness (QED) is 0.322. The van der Waals surface area contributed by atoms with Crippen molar-refractivity contribution in [2.75, 3.05) is 0 Å². The molecule has 3 aromatic rings. The van der Waals surface area contributed by atoms with E-state index in [9.17, 15) is 0 Å². The highest BCUT2D eigenvalue weighted by atomic mass is 79.9.